The van der Waals surface area contributed by atoms with E-state index in [2.05, 4.69) is 71.5 Å². The second-order valence-corrected chi connectivity index (χ2v) is 10.3. The zero-order valence-electron chi connectivity index (χ0n) is 19.8. The Morgan fingerprint density at radius 2 is 1.94 bits per heavy atom. The lowest BCUT2D eigenvalue weighted by molar-refractivity contribution is 0.145. The minimum atomic E-state index is -0.0899. The average molecular weight is 424 g/mol. The molecule has 1 aliphatic carbocycles. The van der Waals surface area contributed by atoms with E-state index in [1.165, 1.54) is 25.7 Å². The summed E-state index contributed by atoms with van der Waals surface area (Å²) in [5.74, 6) is 7.40. The Labute approximate surface area is 186 Å². The van der Waals surface area contributed by atoms with Gasteiger partial charge < -0.3 is 10.2 Å². The van der Waals surface area contributed by atoms with E-state index in [9.17, 15) is 0 Å². The second-order valence-electron chi connectivity index (χ2n) is 10.3. The van der Waals surface area contributed by atoms with Crippen LogP contribution in [0, 0.1) is 11.8 Å². The first kappa shape index (κ1) is 22.0. The standard InChI is InChI=1S/C24H37N7/c1-24(2,3)27-23-25-16-20-21(28-31(22(20)26-23)18-10-6-7-11-18)13-9-15-30-14-8-12-19(17-30)29(4)5/h16,18-19H,6-8,10-12,14-15,17H2,1-5H3,(H,25,26,27). The fourth-order valence-corrected chi connectivity index (χ4v) is 4.65. The van der Waals surface area contributed by atoms with Crippen molar-refractivity contribution in [2.24, 2.45) is 0 Å². The summed E-state index contributed by atoms with van der Waals surface area (Å²) >= 11 is 0. The first-order valence-corrected chi connectivity index (χ1v) is 11.7. The molecular weight excluding hydrogens is 386 g/mol. The molecule has 1 atom stereocenters. The number of nitrogens with one attached hydrogen (secondary N) is 1. The summed E-state index contributed by atoms with van der Waals surface area (Å²) < 4.78 is 2.12. The van der Waals surface area contributed by atoms with Crippen LogP contribution in [-0.4, -0.2) is 74.9 Å². The first-order valence-electron chi connectivity index (χ1n) is 11.7. The second kappa shape index (κ2) is 9.13. The summed E-state index contributed by atoms with van der Waals surface area (Å²) in [7, 11) is 4.34. The molecule has 0 spiro atoms. The molecule has 0 amide bonds. The average Bonchev–Trinajstić information content (AvgIpc) is 3.35. The van der Waals surface area contributed by atoms with Gasteiger partial charge >= 0.3 is 0 Å². The molecule has 31 heavy (non-hydrogen) atoms. The number of anilines is 1. The van der Waals surface area contributed by atoms with Crippen molar-refractivity contribution in [1.82, 2.24) is 29.5 Å². The number of nitrogens with zero attached hydrogens (tertiary/aromatic N) is 6. The van der Waals surface area contributed by atoms with E-state index in [-0.39, 0.29) is 5.54 Å². The summed E-state index contributed by atoms with van der Waals surface area (Å²) in [6, 6.07) is 1.04. The molecule has 2 aromatic rings. The molecule has 1 N–H and O–H groups in total. The lowest BCUT2D eigenvalue weighted by atomic mass is 10.1. The fourth-order valence-electron chi connectivity index (χ4n) is 4.65. The van der Waals surface area contributed by atoms with Gasteiger partial charge in [-0.1, -0.05) is 18.8 Å². The highest BCUT2D eigenvalue weighted by molar-refractivity contribution is 5.81. The summed E-state index contributed by atoms with van der Waals surface area (Å²) in [5.41, 5.74) is 1.63. The van der Waals surface area contributed by atoms with Crippen molar-refractivity contribution in [1.29, 1.82) is 0 Å². The Morgan fingerprint density at radius 1 is 1.16 bits per heavy atom. The maximum Gasteiger partial charge on any atom is 0.225 e. The van der Waals surface area contributed by atoms with Crippen LogP contribution in [0.25, 0.3) is 11.0 Å². The molecule has 1 unspecified atom stereocenters. The SMILES string of the molecule is CN(C)C1CCCN(CC#Cc2nn(C3CCCC3)c3nc(NC(C)(C)C)ncc23)C1. The van der Waals surface area contributed by atoms with Crippen LogP contribution in [-0.2, 0) is 0 Å². The van der Waals surface area contributed by atoms with Crippen molar-refractivity contribution in [3.05, 3.63) is 11.9 Å². The third-order valence-corrected chi connectivity index (χ3v) is 6.33. The van der Waals surface area contributed by atoms with Crippen LogP contribution in [0.4, 0.5) is 5.95 Å². The minimum Gasteiger partial charge on any atom is -0.350 e. The van der Waals surface area contributed by atoms with E-state index in [1.807, 2.05) is 6.20 Å². The lowest BCUT2D eigenvalue weighted by Gasteiger charge is -2.35. The molecule has 1 saturated heterocycles. The smallest absolute Gasteiger partial charge is 0.225 e. The van der Waals surface area contributed by atoms with Gasteiger partial charge in [-0.25, -0.2) is 9.67 Å². The third-order valence-electron chi connectivity index (χ3n) is 6.33. The number of likely N-dealkylation sites (N-methyl/N-ethyl adjacent to an activating group) is 1. The van der Waals surface area contributed by atoms with Crippen LogP contribution in [0.1, 0.15) is 71.0 Å². The van der Waals surface area contributed by atoms with E-state index in [0.29, 0.717) is 18.0 Å². The Balaban J connectivity index is 1.58. The van der Waals surface area contributed by atoms with Crippen LogP contribution >= 0.6 is 0 Å². The number of hydrogen-bond donors (Lipinski definition) is 1. The van der Waals surface area contributed by atoms with Crippen LogP contribution in [0.15, 0.2) is 6.20 Å². The van der Waals surface area contributed by atoms with Crippen molar-refractivity contribution < 1.29 is 0 Å². The molecule has 0 radical (unpaired) electrons. The molecule has 1 aliphatic heterocycles. The molecule has 2 aromatic heterocycles. The molecule has 1 saturated carbocycles. The zero-order valence-corrected chi connectivity index (χ0v) is 19.8. The normalized spacial score (nSPS) is 20.9. The third kappa shape index (κ3) is 5.36. The van der Waals surface area contributed by atoms with E-state index in [4.69, 9.17) is 10.1 Å². The van der Waals surface area contributed by atoms with Gasteiger partial charge in [0.25, 0.3) is 0 Å². The molecular formula is C24H37N7. The van der Waals surface area contributed by atoms with E-state index in [0.717, 1.165) is 49.2 Å². The van der Waals surface area contributed by atoms with E-state index < -0.39 is 0 Å². The number of fused-ring (bicyclic) bond motifs is 1. The predicted molar refractivity (Wildman–Crippen MR) is 126 cm³/mol. The van der Waals surface area contributed by atoms with Gasteiger partial charge in [0.1, 0.15) is 5.69 Å². The van der Waals surface area contributed by atoms with Crippen molar-refractivity contribution in [3.8, 4) is 11.8 Å². The highest BCUT2D eigenvalue weighted by atomic mass is 15.3. The number of aromatic nitrogens is 4. The van der Waals surface area contributed by atoms with Crippen molar-refractivity contribution in [2.45, 2.75) is 76.9 Å². The molecule has 3 heterocycles. The summed E-state index contributed by atoms with van der Waals surface area (Å²) in [6.07, 6.45) is 9.24. The number of likely N-dealkylation sites (tertiary alicyclic amines) is 1. The maximum atomic E-state index is 4.92. The molecule has 0 bridgehead atoms. The van der Waals surface area contributed by atoms with Crippen LogP contribution < -0.4 is 5.32 Å². The summed E-state index contributed by atoms with van der Waals surface area (Å²) in [4.78, 5) is 14.2. The van der Waals surface area contributed by atoms with Crippen LogP contribution in [0.5, 0.6) is 0 Å². The lowest BCUT2D eigenvalue weighted by Crippen LogP contribution is -2.45. The van der Waals surface area contributed by atoms with E-state index in [1.54, 1.807) is 0 Å². The number of rotatable bonds is 4. The monoisotopic (exact) mass is 423 g/mol. The van der Waals surface area contributed by atoms with Crippen LogP contribution in [0.2, 0.25) is 0 Å². The van der Waals surface area contributed by atoms with Gasteiger partial charge in [0, 0.05) is 24.3 Å². The van der Waals surface area contributed by atoms with E-state index >= 15 is 0 Å². The minimum absolute atomic E-state index is 0.0899. The zero-order chi connectivity index (χ0) is 22.0. The summed E-state index contributed by atoms with van der Waals surface area (Å²) in [6.45, 7) is 9.35. The van der Waals surface area contributed by atoms with Crippen molar-refractivity contribution in [2.75, 3.05) is 39.0 Å². The molecule has 0 aromatic carbocycles. The Hall–Kier alpha value is -2.17. The molecule has 7 heteroatoms. The highest BCUT2D eigenvalue weighted by Crippen LogP contribution is 2.32. The van der Waals surface area contributed by atoms with Gasteiger partial charge in [-0.2, -0.15) is 10.1 Å². The van der Waals surface area contributed by atoms with Gasteiger partial charge in [-0.3, -0.25) is 4.90 Å². The van der Waals surface area contributed by atoms with Crippen molar-refractivity contribution >= 4 is 17.0 Å². The van der Waals surface area contributed by atoms with Crippen LogP contribution in [0.3, 0.4) is 0 Å². The van der Waals surface area contributed by atoms with Crippen molar-refractivity contribution in [3.63, 3.8) is 0 Å². The number of hydrogen-bond acceptors (Lipinski definition) is 6. The van der Waals surface area contributed by atoms with Gasteiger partial charge in [0.05, 0.1) is 18.0 Å². The molecule has 2 aliphatic rings. The summed E-state index contributed by atoms with van der Waals surface area (Å²) in [5, 5.41) is 9.27. The Bertz CT molecular complexity index is 954. The molecule has 7 nitrogen and oxygen atoms in total. The Morgan fingerprint density at radius 3 is 2.65 bits per heavy atom. The maximum absolute atomic E-state index is 4.92. The molecule has 4 rings (SSSR count). The fraction of sp³-hybridized carbons (Fsp3) is 0.708. The Kier molecular flexibility index (Phi) is 6.49. The quantitative estimate of drug-likeness (QED) is 0.759. The number of piperidine rings is 1. The molecule has 168 valence electrons. The first-order chi connectivity index (χ1) is 14.8. The van der Waals surface area contributed by atoms with Gasteiger partial charge in [0.2, 0.25) is 5.95 Å². The topological polar surface area (TPSA) is 62.1 Å². The van der Waals surface area contributed by atoms with Gasteiger partial charge in [-0.05, 0) is 73.0 Å². The van der Waals surface area contributed by atoms with Gasteiger partial charge in [-0.15, -0.1) is 0 Å². The predicted octanol–water partition coefficient (Wildman–Crippen LogP) is 3.53. The largest absolute Gasteiger partial charge is 0.350 e. The highest BCUT2D eigenvalue weighted by Gasteiger charge is 2.24. The van der Waals surface area contributed by atoms with Gasteiger partial charge in [0.15, 0.2) is 5.65 Å². The molecule has 2 fully saturated rings.